The first kappa shape index (κ1) is 23.0. The summed E-state index contributed by atoms with van der Waals surface area (Å²) in [6, 6.07) is 0.760. The van der Waals surface area contributed by atoms with E-state index in [-0.39, 0.29) is 24.0 Å². The van der Waals surface area contributed by atoms with E-state index in [1.807, 2.05) is 0 Å². The Hall–Kier alpha value is -0.0800. The predicted octanol–water partition coefficient (Wildman–Crippen LogP) is 3.24. The molecule has 0 bridgehead atoms. The number of aliphatic imine (C=N–C) groups is 1. The molecule has 5 nitrogen and oxygen atoms in total. The first-order chi connectivity index (χ1) is 11.8. The van der Waals surface area contributed by atoms with Crippen LogP contribution in [0.2, 0.25) is 0 Å². The maximum absolute atomic E-state index is 5.66. The fraction of sp³-hybridized carbons (Fsp3) is 0.947. The number of ether oxygens (including phenoxy) is 1. The SMILES string of the molecule is CCNC(=NCCCOCC1CC1)NCCCN1CCCCC1C.I. The smallest absolute Gasteiger partial charge is 0.191 e. The Morgan fingerprint density at radius 1 is 1.16 bits per heavy atom. The van der Waals surface area contributed by atoms with E-state index in [0.29, 0.717) is 0 Å². The van der Waals surface area contributed by atoms with Crippen molar-refractivity contribution < 1.29 is 4.74 Å². The summed E-state index contributed by atoms with van der Waals surface area (Å²) in [5.41, 5.74) is 0. The monoisotopic (exact) mass is 466 g/mol. The molecule has 2 rings (SSSR count). The summed E-state index contributed by atoms with van der Waals surface area (Å²) in [5, 5.41) is 6.80. The van der Waals surface area contributed by atoms with Gasteiger partial charge in [-0.15, -0.1) is 24.0 Å². The van der Waals surface area contributed by atoms with E-state index >= 15 is 0 Å². The lowest BCUT2D eigenvalue weighted by atomic mass is 10.0. The van der Waals surface area contributed by atoms with Crippen LogP contribution in [0.1, 0.15) is 58.8 Å². The lowest BCUT2D eigenvalue weighted by Crippen LogP contribution is -2.41. The van der Waals surface area contributed by atoms with E-state index in [1.165, 1.54) is 51.6 Å². The quantitative estimate of drug-likeness (QED) is 0.213. The predicted molar refractivity (Wildman–Crippen MR) is 117 cm³/mol. The average Bonchev–Trinajstić information content (AvgIpc) is 3.40. The van der Waals surface area contributed by atoms with Gasteiger partial charge in [-0.3, -0.25) is 4.99 Å². The Morgan fingerprint density at radius 3 is 2.72 bits per heavy atom. The number of halogens is 1. The van der Waals surface area contributed by atoms with Crippen molar-refractivity contribution in [1.29, 1.82) is 0 Å². The third kappa shape index (κ3) is 10.6. The highest BCUT2D eigenvalue weighted by atomic mass is 127. The number of nitrogens with zero attached hydrogens (tertiary/aromatic N) is 2. The van der Waals surface area contributed by atoms with Crippen LogP contribution >= 0.6 is 24.0 Å². The molecule has 1 aliphatic carbocycles. The Labute approximate surface area is 171 Å². The van der Waals surface area contributed by atoms with Gasteiger partial charge in [0.2, 0.25) is 0 Å². The molecule has 0 aromatic rings. The molecule has 0 aromatic carbocycles. The van der Waals surface area contributed by atoms with Crippen molar-refractivity contribution in [3.63, 3.8) is 0 Å². The summed E-state index contributed by atoms with van der Waals surface area (Å²) in [6.07, 6.45) is 9.04. The summed E-state index contributed by atoms with van der Waals surface area (Å²) in [5.74, 6) is 1.81. The number of nitrogens with one attached hydrogen (secondary N) is 2. The maximum Gasteiger partial charge on any atom is 0.191 e. The van der Waals surface area contributed by atoms with Crippen LogP contribution in [0.4, 0.5) is 0 Å². The van der Waals surface area contributed by atoms with Crippen molar-refractivity contribution in [3.05, 3.63) is 0 Å². The molecule has 2 N–H and O–H groups in total. The van der Waals surface area contributed by atoms with Crippen molar-refractivity contribution in [3.8, 4) is 0 Å². The van der Waals surface area contributed by atoms with Gasteiger partial charge in [-0.25, -0.2) is 0 Å². The zero-order chi connectivity index (χ0) is 17.0. The van der Waals surface area contributed by atoms with Gasteiger partial charge in [0.15, 0.2) is 5.96 Å². The molecule has 1 heterocycles. The van der Waals surface area contributed by atoms with E-state index in [9.17, 15) is 0 Å². The first-order valence-electron chi connectivity index (χ1n) is 10.1. The zero-order valence-electron chi connectivity index (χ0n) is 16.3. The highest BCUT2D eigenvalue weighted by Crippen LogP contribution is 2.28. The number of hydrogen-bond donors (Lipinski definition) is 2. The minimum atomic E-state index is 0. The fourth-order valence-electron chi connectivity index (χ4n) is 3.21. The van der Waals surface area contributed by atoms with Gasteiger partial charge in [0, 0.05) is 45.4 Å². The summed E-state index contributed by atoms with van der Waals surface area (Å²) in [7, 11) is 0. The highest BCUT2D eigenvalue weighted by Gasteiger charge is 2.20. The molecule has 1 atom stereocenters. The molecule has 1 saturated heterocycles. The van der Waals surface area contributed by atoms with Gasteiger partial charge >= 0.3 is 0 Å². The van der Waals surface area contributed by atoms with Gasteiger partial charge in [-0.1, -0.05) is 6.42 Å². The molecule has 0 spiro atoms. The van der Waals surface area contributed by atoms with Crippen LogP contribution < -0.4 is 10.6 Å². The number of piperidine rings is 1. The van der Waals surface area contributed by atoms with Crippen molar-refractivity contribution in [2.75, 3.05) is 45.9 Å². The standard InChI is InChI=1S/C19H38N4O.HI/c1-3-20-19(22-12-7-15-24-16-18-9-10-18)21-11-6-14-23-13-5-4-8-17(23)2;/h17-18H,3-16H2,1-2H3,(H2,20,21,22);1H. The van der Waals surface area contributed by atoms with E-state index in [4.69, 9.17) is 4.74 Å². The molecule has 1 aliphatic heterocycles. The lowest BCUT2D eigenvalue weighted by molar-refractivity contribution is 0.123. The normalized spacial score (nSPS) is 21.7. The van der Waals surface area contributed by atoms with E-state index < -0.39 is 0 Å². The summed E-state index contributed by atoms with van der Waals surface area (Å²) >= 11 is 0. The van der Waals surface area contributed by atoms with Crippen molar-refractivity contribution in [2.45, 2.75) is 64.8 Å². The minimum absolute atomic E-state index is 0. The third-order valence-corrected chi connectivity index (χ3v) is 4.97. The molecule has 25 heavy (non-hydrogen) atoms. The minimum Gasteiger partial charge on any atom is -0.381 e. The molecular weight excluding hydrogens is 427 g/mol. The Balaban J connectivity index is 0.00000312. The fourth-order valence-corrected chi connectivity index (χ4v) is 3.21. The molecule has 6 heteroatoms. The molecular formula is C19H39IN4O. The van der Waals surface area contributed by atoms with Crippen LogP contribution in [0.15, 0.2) is 4.99 Å². The largest absolute Gasteiger partial charge is 0.381 e. The molecule has 2 aliphatic rings. The molecule has 2 fully saturated rings. The van der Waals surface area contributed by atoms with Crippen LogP contribution in [0.5, 0.6) is 0 Å². The number of hydrogen-bond acceptors (Lipinski definition) is 3. The Morgan fingerprint density at radius 2 is 2.00 bits per heavy atom. The van der Waals surface area contributed by atoms with Crippen LogP contribution in [0.25, 0.3) is 0 Å². The second kappa shape index (κ2) is 14.0. The molecule has 0 amide bonds. The molecule has 0 radical (unpaired) electrons. The average molecular weight is 466 g/mol. The van der Waals surface area contributed by atoms with Gasteiger partial charge in [0.25, 0.3) is 0 Å². The maximum atomic E-state index is 5.66. The molecule has 148 valence electrons. The van der Waals surface area contributed by atoms with Crippen molar-refractivity contribution in [1.82, 2.24) is 15.5 Å². The lowest BCUT2D eigenvalue weighted by Gasteiger charge is -2.33. The number of likely N-dealkylation sites (tertiary alicyclic amines) is 1. The number of rotatable bonds is 11. The Bertz CT molecular complexity index is 363. The van der Waals surface area contributed by atoms with Gasteiger partial charge < -0.3 is 20.3 Å². The van der Waals surface area contributed by atoms with Gasteiger partial charge in [0.05, 0.1) is 0 Å². The molecule has 0 aromatic heterocycles. The van der Waals surface area contributed by atoms with Crippen LogP contribution in [-0.2, 0) is 4.74 Å². The second-order valence-corrected chi connectivity index (χ2v) is 7.29. The summed E-state index contributed by atoms with van der Waals surface area (Å²) in [4.78, 5) is 7.28. The Kier molecular flexibility index (Phi) is 12.9. The summed E-state index contributed by atoms with van der Waals surface area (Å²) < 4.78 is 5.66. The van der Waals surface area contributed by atoms with Crippen LogP contribution in [0.3, 0.4) is 0 Å². The van der Waals surface area contributed by atoms with Crippen molar-refractivity contribution in [2.24, 2.45) is 10.9 Å². The van der Waals surface area contributed by atoms with Gasteiger partial charge in [0.1, 0.15) is 0 Å². The van der Waals surface area contributed by atoms with Crippen molar-refractivity contribution >= 4 is 29.9 Å². The molecule has 1 saturated carbocycles. The topological polar surface area (TPSA) is 48.9 Å². The van der Waals surface area contributed by atoms with Gasteiger partial charge in [-0.05, 0) is 64.8 Å². The zero-order valence-corrected chi connectivity index (χ0v) is 18.6. The second-order valence-electron chi connectivity index (χ2n) is 7.29. The third-order valence-electron chi connectivity index (χ3n) is 4.97. The van der Waals surface area contributed by atoms with E-state index in [2.05, 4.69) is 34.4 Å². The van der Waals surface area contributed by atoms with Gasteiger partial charge in [-0.2, -0.15) is 0 Å². The first-order valence-corrected chi connectivity index (χ1v) is 10.1. The van der Waals surface area contributed by atoms with Crippen LogP contribution in [0, 0.1) is 5.92 Å². The molecule has 1 unspecified atom stereocenters. The number of guanidine groups is 1. The van der Waals surface area contributed by atoms with E-state index in [1.54, 1.807) is 0 Å². The van der Waals surface area contributed by atoms with Crippen LogP contribution in [-0.4, -0.2) is 62.8 Å². The highest BCUT2D eigenvalue weighted by molar-refractivity contribution is 14.0. The summed E-state index contributed by atoms with van der Waals surface area (Å²) in [6.45, 7) is 11.5. The van der Waals surface area contributed by atoms with E-state index in [0.717, 1.165) is 57.2 Å².